The predicted octanol–water partition coefficient (Wildman–Crippen LogP) is 2.81. The number of nitrogens with zero attached hydrogens (tertiary/aromatic N) is 2. The molecule has 2 saturated heterocycles. The molecule has 8 nitrogen and oxygen atoms in total. The lowest BCUT2D eigenvalue weighted by atomic mass is 10.0. The first-order chi connectivity index (χ1) is 18.4. The van der Waals surface area contributed by atoms with Crippen molar-refractivity contribution in [2.45, 2.75) is 64.5 Å². The van der Waals surface area contributed by atoms with Crippen LogP contribution in [-0.4, -0.2) is 58.8 Å². The molecule has 0 aromatic heterocycles. The molecule has 3 aliphatic heterocycles. The van der Waals surface area contributed by atoms with E-state index in [4.69, 9.17) is 8.85 Å². The van der Waals surface area contributed by atoms with Crippen LogP contribution in [0.3, 0.4) is 0 Å². The molecule has 36 heavy (non-hydrogen) atoms. The summed E-state index contributed by atoms with van der Waals surface area (Å²) in [7, 11) is 0. The Bertz CT molecular complexity index is 1330. The van der Waals surface area contributed by atoms with Gasteiger partial charge in [0.2, 0.25) is 11.8 Å². The van der Waals surface area contributed by atoms with Gasteiger partial charge in [0.25, 0.3) is 5.91 Å². The quantitative estimate of drug-likeness (QED) is 0.597. The minimum Gasteiger partial charge on any atom is -0.381 e. The van der Waals surface area contributed by atoms with Gasteiger partial charge in [0, 0.05) is 61.5 Å². The van der Waals surface area contributed by atoms with E-state index >= 15 is 4.39 Å². The molecule has 5 rings (SSSR count). The fourth-order valence-corrected chi connectivity index (χ4v) is 5.10. The number of carbonyl (C=O) groups is 3. The van der Waals surface area contributed by atoms with E-state index in [1.165, 1.54) is 18.2 Å². The summed E-state index contributed by atoms with van der Waals surface area (Å²) in [6.45, 7) is 3.50. The maximum Gasteiger partial charge on any atom is 0.255 e. The lowest BCUT2D eigenvalue weighted by Gasteiger charge is -2.35. The highest BCUT2D eigenvalue weighted by molar-refractivity contribution is 6.06. The molecule has 3 amide bonds. The van der Waals surface area contributed by atoms with E-state index < -0.39 is 36.1 Å². The highest BCUT2D eigenvalue weighted by Gasteiger charge is 2.39. The molecule has 2 fully saturated rings. The van der Waals surface area contributed by atoms with Gasteiger partial charge in [-0.2, -0.15) is 0 Å². The number of hydrogen-bond acceptors (Lipinski definition) is 6. The minimum absolute atomic E-state index is 0.0676. The molecule has 0 spiro atoms. The summed E-state index contributed by atoms with van der Waals surface area (Å²) in [5.41, 5.74) is 1.41. The van der Waals surface area contributed by atoms with Crippen LogP contribution < -0.4 is 10.6 Å². The van der Waals surface area contributed by atoms with Gasteiger partial charge in [-0.15, -0.1) is 0 Å². The van der Waals surface area contributed by atoms with Crippen molar-refractivity contribution in [2.75, 3.05) is 18.4 Å². The number of rotatable bonds is 6. The SMILES string of the molecule is [2H]C([2H])(Nc1cccc2c1CN(C1([2H])CCC(=O)NC1=O)C2=O)c1ccc(CN2CC(C)OC(C)C2)cc1F. The maximum atomic E-state index is 15.2. The van der Waals surface area contributed by atoms with Gasteiger partial charge < -0.3 is 15.0 Å². The van der Waals surface area contributed by atoms with Gasteiger partial charge >= 0.3 is 0 Å². The fraction of sp³-hybridized carbons (Fsp3) is 0.444. The van der Waals surface area contributed by atoms with Gasteiger partial charge in [-0.3, -0.25) is 24.6 Å². The third-order valence-electron chi connectivity index (χ3n) is 6.66. The number of imide groups is 1. The second-order valence-corrected chi connectivity index (χ2v) is 9.56. The summed E-state index contributed by atoms with van der Waals surface area (Å²) < 4.78 is 46.9. The zero-order chi connectivity index (χ0) is 28.1. The lowest BCUT2D eigenvalue weighted by Crippen LogP contribution is -2.52. The number of piperidine rings is 1. The van der Waals surface area contributed by atoms with E-state index in [-0.39, 0.29) is 48.4 Å². The second-order valence-electron chi connectivity index (χ2n) is 9.56. The van der Waals surface area contributed by atoms with E-state index in [2.05, 4.69) is 15.5 Å². The van der Waals surface area contributed by atoms with Gasteiger partial charge in [-0.25, -0.2) is 4.39 Å². The van der Waals surface area contributed by atoms with Gasteiger partial charge in [0.1, 0.15) is 11.8 Å². The van der Waals surface area contributed by atoms with Crippen molar-refractivity contribution in [3.63, 3.8) is 0 Å². The molecule has 0 bridgehead atoms. The Hall–Kier alpha value is -3.30. The number of benzene rings is 2. The molecule has 3 aliphatic rings. The zero-order valence-electron chi connectivity index (χ0n) is 23.3. The molecule has 3 heterocycles. The van der Waals surface area contributed by atoms with E-state index in [0.717, 1.165) is 23.6 Å². The third kappa shape index (κ3) is 4.99. The standard InChI is InChI=1S/C27H31FN4O4/c1-16-12-31(13-17(2)36-16)14-18-6-7-19(22(28)10-18)11-29-23-5-3-4-20-21(23)15-32(27(20)35)24-8-9-25(33)30-26(24)34/h3-7,10,16-17,24,29H,8-9,11-15H2,1-2H3,(H,30,33,34)/i11D2,24D. The van der Waals surface area contributed by atoms with Crippen LogP contribution in [0, 0.1) is 5.82 Å². The predicted molar refractivity (Wildman–Crippen MR) is 131 cm³/mol. The van der Waals surface area contributed by atoms with Crippen LogP contribution in [0.15, 0.2) is 36.4 Å². The van der Waals surface area contributed by atoms with Crippen LogP contribution in [0.25, 0.3) is 0 Å². The number of morpholine rings is 1. The van der Waals surface area contributed by atoms with Gasteiger partial charge in [0.15, 0.2) is 0 Å². The molecule has 0 radical (unpaired) electrons. The number of anilines is 1. The molecule has 2 aromatic rings. The van der Waals surface area contributed by atoms with Gasteiger partial charge in [0.05, 0.1) is 16.3 Å². The Morgan fingerprint density at radius 2 is 1.97 bits per heavy atom. The van der Waals surface area contributed by atoms with Crippen molar-refractivity contribution < 1.29 is 27.6 Å². The largest absolute Gasteiger partial charge is 0.381 e. The van der Waals surface area contributed by atoms with Crippen molar-refractivity contribution in [3.05, 3.63) is 64.5 Å². The monoisotopic (exact) mass is 497 g/mol. The molecule has 2 aromatic carbocycles. The fourth-order valence-electron chi connectivity index (χ4n) is 5.10. The van der Waals surface area contributed by atoms with Crippen molar-refractivity contribution in [2.24, 2.45) is 0 Å². The number of carbonyl (C=O) groups excluding carboxylic acids is 3. The molecule has 2 N–H and O–H groups in total. The first-order valence-electron chi connectivity index (χ1n) is 13.6. The van der Waals surface area contributed by atoms with Gasteiger partial charge in [-0.05, 0) is 44.0 Å². The summed E-state index contributed by atoms with van der Waals surface area (Å²) in [5, 5.41) is 4.86. The summed E-state index contributed by atoms with van der Waals surface area (Å²) in [4.78, 5) is 40.5. The van der Waals surface area contributed by atoms with Crippen molar-refractivity contribution in [3.8, 4) is 0 Å². The highest BCUT2D eigenvalue weighted by Crippen LogP contribution is 2.32. The Balaban J connectivity index is 1.35. The Morgan fingerprint density at radius 1 is 1.19 bits per heavy atom. The summed E-state index contributed by atoms with van der Waals surface area (Å²) >= 11 is 0. The van der Waals surface area contributed by atoms with Crippen molar-refractivity contribution in [1.29, 1.82) is 0 Å². The first kappa shape index (κ1) is 20.8. The number of fused-ring (bicyclic) bond motifs is 1. The number of amides is 3. The van der Waals surface area contributed by atoms with Gasteiger partial charge in [-0.1, -0.05) is 18.2 Å². The highest BCUT2D eigenvalue weighted by atomic mass is 19.1. The van der Waals surface area contributed by atoms with E-state index in [1.807, 2.05) is 13.8 Å². The number of ether oxygens (including phenoxy) is 1. The van der Waals surface area contributed by atoms with Crippen LogP contribution in [0.1, 0.15) is 57.8 Å². The molecule has 3 atom stereocenters. The lowest BCUT2D eigenvalue weighted by molar-refractivity contribution is -0.136. The van der Waals surface area contributed by atoms with Crippen LogP contribution in [0.2, 0.25) is 0 Å². The number of halogens is 1. The first-order valence-corrected chi connectivity index (χ1v) is 12.1. The van der Waals surface area contributed by atoms with Crippen LogP contribution in [0.4, 0.5) is 10.1 Å². The van der Waals surface area contributed by atoms with Crippen LogP contribution in [-0.2, 0) is 33.9 Å². The topological polar surface area (TPSA) is 91.0 Å². The van der Waals surface area contributed by atoms with Crippen LogP contribution >= 0.6 is 0 Å². The molecule has 9 heteroatoms. The normalized spacial score (nSPS) is 28.2. The third-order valence-corrected chi connectivity index (χ3v) is 6.66. The van der Waals surface area contributed by atoms with E-state index in [0.29, 0.717) is 12.1 Å². The molecular formula is C27H31FN4O4. The smallest absolute Gasteiger partial charge is 0.255 e. The number of hydrogen-bond donors (Lipinski definition) is 2. The zero-order valence-corrected chi connectivity index (χ0v) is 20.3. The molecule has 3 unspecified atom stereocenters. The minimum atomic E-state index is -2.33. The Labute approximate surface area is 214 Å². The molecule has 0 aliphatic carbocycles. The van der Waals surface area contributed by atoms with Crippen molar-refractivity contribution in [1.82, 2.24) is 15.1 Å². The summed E-state index contributed by atoms with van der Waals surface area (Å²) in [5.74, 6) is -2.62. The van der Waals surface area contributed by atoms with E-state index in [1.54, 1.807) is 18.2 Å². The summed E-state index contributed by atoms with van der Waals surface area (Å²) in [6, 6.07) is 7.18. The average Bonchev–Trinajstić information content (AvgIpc) is 3.19. The molecule has 0 saturated carbocycles. The molecular weight excluding hydrogens is 463 g/mol. The molecule has 190 valence electrons. The Morgan fingerprint density at radius 3 is 2.69 bits per heavy atom. The van der Waals surface area contributed by atoms with Crippen molar-refractivity contribution >= 4 is 23.4 Å². The number of nitrogens with one attached hydrogen (secondary N) is 2. The van der Waals surface area contributed by atoms with Crippen LogP contribution in [0.5, 0.6) is 0 Å². The Kier molecular flexibility index (Phi) is 5.78. The maximum absolute atomic E-state index is 15.2. The average molecular weight is 498 g/mol. The second kappa shape index (κ2) is 9.99. The summed E-state index contributed by atoms with van der Waals surface area (Å²) in [6.07, 6.45) is -0.0547. The van der Waals surface area contributed by atoms with E-state index in [9.17, 15) is 14.4 Å².